The first-order valence-electron chi connectivity index (χ1n) is 5.40. The van der Waals surface area contributed by atoms with Crippen LogP contribution in [0.2, 0.25) is 5.02 Å². The van der Waals surface area contributed by atoms with Crippen LogP contribution in [0.3, 0.4) is 0 Å². The van der Waals surface area contributed by atoms with Crippen molar-refractivity contribution >= 4 is 17.5 Å². The normalized spacial score (nSPS) is 13.2. The SMILES string of the molecule is CC(CCO)NC(=O)c1cnc(C(F)(F)F)c(Cl)c1. The Labute approximate surface area is 112 Å². The second kappa shape index (κ2) is 6.21. The van der Waals surface area contributed by atoms with Crippen LogP contribution in [0.5, 0.6) is 0 Å². The lowest BCUT2D eigenvalue weighted by molar-refractivity contribution is -0.141. The van der Waals surface area contributed by atoms with Gasteiger partial charge in [-0.3, -0.25) is 4.79 Å². The minimum absolute atomic E-state index is 0.0669. The zero-order chi connectivity index (χ0) is 14.6. The summed E-state index contributed by atoms with van der Waals surface area (Å²) in [5, 5.41) is 10.6. The average molecular weight is 297 g/mol. The fraction of sp³-hybridized carbons (Fsp3) is 0.455. The van der Waals surface area contributed by atoms with Gasteiger partial charge in [-0.25, -0.2) is 4.98 Å². The molecule has 106 valence electrons. The van der Waals surface area contributed by atoms with Gasteiger partial charge in [-0.2, -0.15) is 13.2 Å². The van der Waals surface area contributed by atoms with E-state index in [1.165, 1.54) is 0 Å². The van der Waals surface area contributed by atoms with Crippen molar-refractivity contribution < 1.29 is 23.1 Å². The molecule has 0 aliphatic heterocycles. The summed E-state index contributed by atoms with van der Waals surface area (Å²) in [4.78, 5) is 14.8. The maximum Gasteiger partial charge on any atom is 0.434 e. The predicted octanol–water partition coefficient (Wildman–Crippen LogP) is 2.25. The van der Waals surface area contributed by atoms with Crippen molar-refractivity contribution in [2.24, 2.45) is 0 Å². The number of carbonyl (C=O) groups excluding carboxylic acids is 1. The monoisotopic (exact) mass is 296 g/mol. The van der Waals surface area contributed by atoms with Gasteiger partial charge >= 0.3 is 6.18 Å². The molecule has 0 aliphatic carbocycles. The molecule has 4 nitrogen and oxygen atoms in total. The van der Waals surface area contributed by atoms with Crippen molar-refractivity contribution in [2.75, 3.05) is 6.61 Å². The average Bonchev–Trinajstić information content (AvgIpc) is 2.27. The summed E-state index contributed by atoms with van der Waals surface area (Å²) >= 11 is 5.45. The largest absolute Gasteiger partial charge is 0.434 e. The summed E-state index contributed by atoms with van der Waals surface area (Å²) in [6.07, 6.45) is -3.50. The predicted molar refractivity (Wildman–Crippen MR) is 62.9 cm³/mol. The van der Waals surface area contributed by atoms with Gasteiger partial charge in [-0.05, 0) is 19.4 Å². The molecule has 0 fully saturated rings. The molecule has 1 aromatic heterocycles. The Bertz CT molecular complexity index is 466. The fourth-order valence-corrected chi connectivity index (χ4v) is 1.62. The van der Waals surface area contributed by atoms with Crippen LogP contribution in [0.1, 0.15) is 29.4 Å². The zero-order valence-corrected chi connectivity index (χ0v) is 10.7. The molecule has 8 heteroatoms. The number of hydrogen-bond donors (Lipinski definition) is 2. The van der Waals surface area contributed by atoms with Crippen molar-refractivity contribution in [2.45, 2.75) is 25.6 Å². The van der Waals surface area contributed by atoms with Gasteiger partial charge < -0.3 is 10.4 Å². The number of carbonyl (C=O) groups is 1. The molecule has 1 amide bonds. The number of aromatic nitrogens is 1. The van der Waals surface area contributed by atoms with Crippen LogP contribution in [0, 0.1) is 0 Å². The van der Waals surface area contributed by atoms with Gasteiger partial charge in [0.2, 0.25) is 0 Å². The highest BCUT2D eigenvalue weighted by Gasteiger charge is 2.35. The minimum atomic E-state index is -4.66. The van der Waals surface area contributed by atoms with E-state index in [0.29, 0.717) is 6.42 Å². The van der Waals surface area contributed by atoms with Crippen LogP contribution in [0.4, 0.5) is 13.2 Å². The van der Waals surface area contributed by atoms with Crippen LogP contribution < -0.4 is 5.32 Å². The van der Waals surface area contributed by atoms with E-state index in [0.717, 1.165) is 12.3 Å². The van der Waals surface area contributed by atoms with E-state index in [9.17, 15) is 18.0 Å². The number of rotatable bonds is 4. The molecule has 0 aromatic carbocycles. The van der Waals surface area contributed by atoms with Crippen LogP contribution >= 0.6 is 11.6 Å². The summed E-state index contributed by atoms with van der Waals surface area (Å²) < 4.78 is 37.3. The highest BCUT2D eigenvalue weighted by molar-refractivity contribution is 6.31. The van der Waals surface area contributed by atoms with Crippen molar-refractivity contribution in [1.82, 2.24) is 10.3 Å². The van der Waals surface area contributed by atoms with Crippen LogP contribution in [0.15, 0.2) is 12.3 Å². The third-order valence-electron chi connectivity index (χ3n) is 2.31. The van der Waals surface area contributed by atoms with Crippen molar-refractivity contribution in [3.63, 3.8) is 0 Å². The number of pyridine rings is 1. The molecule has 0 saturated carbocycles. The lowest BCUT2D eigenvalue weighted by Gasteiger charge is -2.13. The first kappa shape index (κ1) is 15.7. The number of halogens is 4. The van der Waals surface area contributed by atoms with Gasteiger partial charge in [-0.15, -0.1) is 0 Å². The lowest BCUT2D eigenvalue weighted by Crippen LogP contribution is -2.33. The fourth-order valence-electron chi connectivity index (χ4n) is 1.34. The first-order chi connectivity index (χ1) is 8.75. The Hall–Kier alpha value is -1.34. The molecule has 0 aliphatic rings. The molecule has 1 rings (SSSR count). The Morgan fingerprint density at radius 2 is 2.21 bits per heavy atom. The molecule has 0 bridgehead atoms. The topological polar surface area (TPSA) is 62.2 Å². The Morgan fingerprint density at radius 1 is 1.58 bits per heavy atom. The molecular weight excluding hydrogens is 285 g/mol. The maximum atomic E-state index is 12.4. The van der Waals surface area contributed by atoms with E-state index in [-0.39, 0.29) is 18.2 Å². The maximum absolute atomic E-state index is 12.4. The number of hydrogen-bond acceptors (Lipinski definition) is 3. The zero-order valence-electron chi connectivity index (χ0n) is 9.96. The van der Waals surface area contributed by atoms with Crippen molar-refractivity contribution in [3.05, 3.63) is 28.5 Å². The van der Waals surface area contributed by atoms with E-state index in [1.54, 1.807) is 6.92 Å². The lowest BCUT2D eigenvalue weighted by atomic mass is 10.2. The highest BCUT2D eigenvalue weighted by atomic mass is 35.5. The minimum Gasteiger partial charge on any atom is -0.396 e. The molecule has 2 N–H and O–H groups in total. The third kappa shape index (κ3) is 4.36. The molecule has 1 unspecified atom stereocenters. The number of nitrogens with zero attached hydrogens (tertiary/aromatic N) is 1. The van der Waals surface area contributed by atoms with Gasteiger partial charge in [0.15, 0.2) is 5.69 Å². The van der Waals surface area contributed by atoms with E-state index < -0.39 is 22.8 Å². The molecule has 0 spiro atoms. The van der Waals surface area contributed by atoms with Gasteiger partial charge in [0.05, 0.1) is 10.6 Å². The molecule has 0 radical (unpaired) electrons. The number of aliphatic hydroxyl groups excluding tert-OH is 1. The van der Waals surface area contributed by atoms with Gasteiger partial charge in [0.1, 0.15) is 0 Å². The van der Waals surface area contributed by atoms with E-state index in [1.807, 2.05) is 0 Å². The Balaban J connectivity index is 2.86. The highest BCUT2D eigenvalue weighted by Crippen LogP contribution is 2.32. The quantitative estimate of drug-likeness (QED) is 0.896. The summed E-state index contributed by atoms with van der Waals surface area (Å²) in [6, 6.07) is 0.608. The Kier molecular flexibility index (Phi) is 5.13. The number of alkyl halides is 3. The second-order valence-corrected chi connectivity index (χ2v) is 4.35. The molecule has 1 aromatic rings. The van der Waals surface area contributed by atoms with Crippen molar-refractivity contribution in [3.8, 4) is 0 Å². The van der Waals surface area contributed by atoms with Crippen LogP contribution in [-0.4, -0.2) is 28.6 Å². The van der Waals surface area contributed by atoms with Gasteiger partial charge in [-0.1, -0.05) is 11.6 Å². The van der Waals surface area contributed by atoms with E-state index in [4.69, 9.17) is 16.7 Å². The summed E-state index contributed by atoms with van der Waals surface area (Å²) in [7, 11) is 0. The summed E-state index contributed by atoms with van der Waals surface area (Å²) in [5.74, 6) is -0.593. The molecule has 0 saturated heterocycles. The number of nitrogens with one attached hydrogen (secondary N) is 1. The molecule has 19 heavy (non-hydrogen) atoms. The van der Waals surface area contributed by atoms with Crippen molar-refractivity contribution in [1.29, 1.82) is 0 Å². The van der Waals surface area contributed by atoms with Gasteiger partial charge in [0.25, 0.3) is 5.91 Å². The molecule has 1 heterocycles. The first-order valence-corrected chi connectivity index (χ1v) is 5.78. The number of amides is 1. The Morgan fingerprint density at radius 3 is 2.68 bits per heavy atom. The van der Waals surface area contributed by atoms with E-state index >= 15 is 0 Å². The van der Waals surface area contributed by atoms with Gasteiger partial charge in [0, 0.05) is 18.8 Å². The van der Waals surface area contributed by atoms with Crippen LogP contribution in [-0.2, 0) is 6.18 Å². The smallest absolute Gasteiger partial charge is 0.396 e. The summed E-state index contributed by atoms with van der Waals surface area (Å²) in [5.41, 5.74) is -1.29. The third-order valence-corrected chi connectivity index (χ3v) is 2.60. The number of aliphatic hydroxyl groups is 1. The molecule has 1 atom stereocenters. The second-order valence-electron chi connectivity index (χ2n) is 3.94. The van der Waals surface area contributed by atoms with Crippen LogP contribution in [0.25, 0.3) is 0 Å². The van der Waals surface area contributed by atoms with E-state index in [2.05, 4.69) is 10.3 Å². The standard InChI is InChI=1S/C11H12ClF3N2O2/c1-6(2-3-18)17-10(19)7-4-8(12)9(16-5-7)11(13,14)15/h4-6,18H,2-3H2,1H3,(H,17,19). The summed E-state index contributed by atoms with van der Waals surface area (Å²) in [6.45, 7) is 1.56. The molecular formula is C11H12ClF3N2O2.